The Bertz CT molecular complexity index is 617. The third-order valence-corrected chi connectivity index (χ3v) is 4.74. The molecule has 3 nitrogen and oxygen atoms in total. The first-order valence-electron chi connectivity index (χ1n) is 7.50. The summed E-state index contributed by atoms with van der Waals surface area (Å²) in [5.41, 5.74) is 0.948. The van der Waals surface area contributed by atoms with Crippen molar-refractivity contribution in [3.8, 4) is 11.6 Å². The number of pyridine rings is 1. The zero-order chi connectivity index (χ0) is 15.2. The highest BCUT2D eigenvalue weighted by Crippen LogP contribution is 2.25. The maximum Gasteiger partial charge on any atom is 0.223 e. The van der Waals surface area contributed by atoms with E-state index in [1.807, 2.05) is 23.9 Å². The average molecular weight is 318 g/mol. The largest absolute Gasteiger partial charge is 0.436 e. The SMILES string of the molecule is Fc1ccccc1Oc1ncccc1CNC1CCSCC1. The minimum absolute atomic E-state index is 0.205. The van der Waals surface area contributed by atoms with Crippen LogP contribution >= 0.6 is 11.8 Å². The number of nitrogens with zero attached hydrogens (tertiary/aromatic N) is 1. The lowest BCUT2D eigenvalue weighted by Gasteiger charge is -2.23. The molecule has 5 heteroatoms. The second-order valence-electron chi connectivity index (χ2n) is 5.27. The summed E-state index contributed by atoms with van der Waals surface area (Å²) in [6, 6.07) is 10.8. The fourth-order valence-electron chi connectivity index (χ4n) is 2.44. The summed E-state index contributed by atoms with van der Waals surface area (Å²) < 4.78 is 19.4. The molecule has 2 heterocycles. The van der Waals surface area contributed by atoms with Crippen LogP contribution in [0.5, 0.6) is 11.6 Å². The van der Waals surface area contributed by atoms with Gasteiger partial charge < -0.3 is 10.1 Å². The Morgan fingerprint density at radius 3 is 2.82 bits per heavy atom. The highest BCUT2D eigenvalue weighted by Gasteiger charge is 2.14. The van der Waals surface area contributed by atoms with Crippen LogP contribution in [0.4, 0.5) is 4.39 Å². The van der Waals surface area contributed by atoms with Crippen LogP contribution < -0.4 is 10.1 Å². The first-order valence-corrected chi connectivity index (χ1v) is 8.66. The minimum Gasteiger partial charge on any atom is -0.436 e. The Labute approximate surface area is 134 Å². The van der Waals surface area contributed by atoms with Crippen LogP contribution in [0.1, 0.15) is 18.4 Å². The molecule has 0 spiro atoms. The van der Waals surface area contributed by atoms with Crippen molar-refractivity contribution in [3.63, 3.8) is 0 Å². The summed E-state index contributed by atoms with van der Waals surface area (Å²) in [5.74, 6) is 2.71. The van der Waals surface area contributed by atoms with E-state index in [2.05, 4.69) is 10.3 Å². The van der Waals surface area contributed by atoms with Gasteiger partial charge in [0.05, 0.1) is 0 Å². The third-order valence-electron chi connectivity index (χ3n) is 3.70. The second kappa shape index (κ2) is 7.61. The van der Waals surface area contributed by atoms with Crippen molar-refractivity contribution in [1.82, 2.24) is 10.3 Å². The van der Waals surface area contributed by atoms with Gasteiger partial charge in [0.25, 0.3) is 0 Å². The fourth-order valence-corrected chi connectivity index (χ4v) is 3.54. The highest BCUT2D eigenvalue weighted by molar-refractivity contribution is 7.99. The average Bonchev–Trinajstić information content (AvgIpc) is 2.57. The standard InChI is InChI=1S/C17H19FN2OS/c18-15-5-1-2-6-16(15)21-17-13(4-3-9-19-17)12-20-14-7-10-22-11-8-14/h1-6,9,14,20H,7-8,10-12H2. The maximum atomic E-state index is 13.7. The van der Waals surface area contributed by atoms with Gasteiger partial charge >= 0.3 is 0 Å². The summed E-state index contributed by atoms with van der Waals surface area (Å²) in [6.45, 7) is 0.687. The number of benzene rings is 1. The molecule has 22 heavy (non-hydrogen) atoms. The molecule has 1 aromatic carbocycles. The predicted octanol–water partition coefficient (Wildman–Crippen LogP) is 4.00. The molecular weight excluding hydrogens is 299 g/mol. The molecule has 1 aliphatic rings. The molecule has 0 atom stereocenters. The minimum atomic E-state index is -0.378. The van der Waals surface area contributed by atoms with E-state index in [-0.39, 0.29) is 11.6 Å². The van der Waals surface area contributed by atoms with Gasteiger partial charge in [-0.1, -0.05) is 18.2 Å². The summed E-state index contributed by atoms with van der Waals surface area (Å²) in [6.07, 6.45) is 4.04. The molecule has 1 aliphatic heterocycles. The topological polar surface area (TPSA) is 34.1 Å². The molecule has 0 aliphatic carbocycles. The number of rotatable bonds is 5. The Hall–Kier alpha value is -1.59. The van der Waals surface area contributed by atoms with Gasteiger partial charge in [-0.25, -0.2) is 9.37 Å². The van der Waals surface area contributed by atoms with Crippen LogP contribution in [0, 0.1) is 5.82 Å². The van der Waals surface area contributed by atoms with Gasteiger partial charge in [-0.3, -0.25) is 0 Å². The molecule has 1 aromatic heterocycles. The Morgan fingerprint density at radius 1 is 1.18 bits per heavy atom. The Morgan fingerprint density at radius 2 is 2.00 bits per heavy atom. The lowest BCUT2D eigenvalue weighted by Crippen LogP contribution is -2.32. The zero-order valence-corrected chi connectivity index (χ0v) is 13.1. The summed E-state index contributed by atoms with van der Waals surface area (Å²) in [5, 5.41) is 3.55. The van der Waals surface area contributed by atoms with E-state index in [0.29, 0.717) is 18.5 Å². The first-order chi connectivity index (χ1) is 10.8. The molecular formula is C17H19FN2OS. The normalized spacial score (nSPS) is 15.7. The van der Waals surface area contributed by atoms with Crippen molar-refractivity contribution in [2.45, 2.75) is 25.4 Å². The fraction of sp³-hybridized carbons (Fsp3) is 0.353. The van der Waals surface area contributed by atoms with Gasteiger partial charge in [-0.2, -0.15) is 11.8 Å². The Kier molecular flexibility index (Phi) is 5.29. The molecule has 0 amide bonds. The highest BCUT2D eigenvalue weighted by atomic mass is 32.2. The van der Waals surface area contributed by atoms with Crippen LogP contribution in [0.2, 0.25) is 0 Å². The molecule has 1 N–H and O–H groups in total. The maximum absolute atomic E-state index is 13.7. The van der Waals surface area contributed by atoms with Crippen LogP contribution in [-0.4, -0.2) is 22.5 Å². The predicted molar refractivity (Wildman–Crippen MR) is 87.9 cm³/mol. The van der Waals surface area contributed by atoms with Crippen LogP contribution in [0.3, 0.4) is 0 Å². The van der Waals surface area contributed by atoms with Gasteiger partial charge in [0.1, 0.15) is 0 Å². The summed E-state index contributed by atoms with van der Waals surface area (Å²) >= 11 is 2.01. The number of halogens is 1. The summed E-state index contributed by atoms with van der Waals surface area (Å²) in [4.78, 5) is 4.25. The van der Waals surface area contributed by atoms with E-state index >= 15 is 0 Å². The molecule has 1 saturated heterocycles. The number of para-hydroxylation sites is 1. The van der Waals surface area contributed by atoms with Gasteiger partial charge in [-0.15, -0.1) is 0 Å². The second-order valence-corrected chi connectivity index (χ2v) is 6.49. The van der Waals surface area contributed by atoms with E-state index in [1.54, 1.807) is 24.4 Å². The zero-order valence-electron chi connectivity index (χ0n) is 12.3. The van der Waals surface area contributed by atoms with E-state index in [9.17, 15) is 4.39 Å². The van der Waals surface area contributed by atoms with Gasteiger partial charge in [0.15, 0.2) is 11.6 Å². The molecule has 0 saturated carbocycles. The molecule has 116 valence electrons. The quantitative estimate of drug-likeness (QED) is 0.903. The first kappa shape index (κ1) is 15.3. The number of ether oxygens (including phenoxy) is 1. The van der Waals surface area contributed by atoms with Crippen molar-refractivity contribution < 1.29 is 9.13 Å². The van der Waals surface area contributed by atoms with E-state index < -0.39 is 0 Å². The van der Waals surface area contributed by atoms with Crippen LogP contribution in [-0.2, 0) is 6.54 Å². The molecule has 0 unspecified atom stereocenters. The van der Waals surface area contributed by atoms with Crippen molar-refractivity contribution in [1.29, 1.82) is 0 Å². The number of thioether (sulfide) groups is 1. The molecule has 3 rings (SSSR count). The smallest absolute Gasteiger partial charge is 0.223 e. The van der Waals surface area contributed by atoms with Crippen LogP contribution in [0.25, 0.3) is 0 Å². The number of hydrogen-bond donors (Lipinski definition) is 1. The van der Waals surface area contributed by atoms with Crippen molar-refractivity contribution in [2.24, 2.45) is 0 Å². The molecule has 1 fully saturated rings. The van der Waals surface area contributed by atoms with Crippen molar-refractivity contribution >= 4 is 11.8 Å². The molecule has 2 aromatic rings. The van der Waals surface area contributed by atoms with Crippen LogP contribution in [0.15, 0.2) is 42.6 Å². The summed E-state index contributed by atoms with van der Waals surface area (Å²) in [7, 11) is 0. The molecule has 0 radical (unpaired) electrons. The van der Waals surface area contributed by atoms with Gasteiger partial charge in [0.2, 0.25) is 5.88 Å². The van der Waals surface area contributed by atoms with Crippen molar-refractivity contribution in [3.05, 3.63) is 54.0 Å². The lowest BCUT2D eigenvalue weighted by molar-refractivity contribution is 0.414. The number of aromatic nitrogens is 1. The molecule has 0 bridgehead atoms. The Balaban J connectivity index is 1.68. The van der Waals surface area contributed by atoms with E-state index in [4.69, 9.17) is 4.74 Å². The van der Waals surface area contributed by atoms with E-state index in [0.717, 1.165) is 5.56 Å². The lowest BCUT2D eigenvalue weighted by atomic mass is 10.1. The van der Waals surface area contributed by atoms with E-state index in [1.165, 1.54) is 30.4 Å². The van der Waals surface area contributed by atoms with Crippen molar-refractivity contribution in [2.75, 3.05) is 11.5 Å². The number of nitrogens with one attached hydrogen (secondary N) is 1. The monoisotopic (exact) mass is 318 g/mol. The third kappa shape index (κ3) is 3.99. The van der Waals surface area contributed by atoms with Gasteiger partial charge in [-0.05, 0) is 42.5 Å². The number of hydrogen-bond acceptors (Lipinski definition) is 4. The van der Waals surface area contributed by atoms with Gasteiger partial charge in [0, 0.05) is 24.3 Å².